The largest absolute Gasteiger partial charge is 0.364 e. The summed E-state index contributed by atoms with van der Waals surface area (Å²) in [7, 11) is 0. The number of H-pyrrole nitrogens is 1. The lowest BCUT2D eigenvalue weighted by molar-refractivity contribution is -0.125. The van der Waals surface area contributed by atoms with Gasteiger partial charge in [-0.25, -0.2) is 4.79 Å². The number of nitrogens with one attached hydrogen (secondary N) is 3. The lowest BCUT2D eigenvalue weighted by Gasteiger charge is -2.38. The summed E-state index contributed by atoms with van der Waals surface area (Å²) in [5.74, 6) is 0.357. The fourth-order valence-electron chi connectivity index (χ4n) is 3.95. The smallest absolute Gasteiger partial charge is 0.322 e. The predicted octanol–water partition coefficient (Wildman–Crippen LogP) is 1.34. The van der Waals surface area contributed by atoms with Gasteiger partial charge in [0, 0.05) is 25.0 Å². The minimum Gasteiger partial charge on any atom is -0.364 e. The van der Waals surface area contributed by atoms with E-state index in [9.17, 15) is 14.4 Å². The molecule has 2 saturated heterocycles. The van der Waals surface area contributed by atoms with E-state index in [0.29, 0.717) is 31.8 Å². The van der Waals surface area contributed by atoms with Gasteiger partial charge in [0.25, 0.3) is 11.8 Å². The molecule has 3 fully saturated rings. The van der Waals surface area contributed by atoms with Crippen molar-refractivity contribution in [2.75, 3.05) is 13.1 Å². The maximum atomic E-state index is 12.8. The van der Waals surface area contributed by atoms with Crippen molar-refractivity contribution >= 4 is 17.8 Å². The number of hydrogen-bond donors (Lipinski definition) is 3. The predicted molar refractivity (Wildman–Crippen MR) is 86.5 cm³/mol. The van der Waals surface area contributed by atoms with E-state index < -0.39 is 11.6 Å². The van der Waals surface area contributed by atoms with E-state index in [0.717, 1.165) is 24.1 Å². The molecule has 1 atom stereocenters. The van der Waals surface area contributed by atoms with Crippen LogP contribution in [0.1, 0.15) is 54.6 Å². The number of aromatic nitrogens is 1. The Morgan fingerprint density at radius 1 is 1.21 bits per heavy atom. The molecule has 3 heterocycles. The summed E-state index contributed by atoms with van der Waals surface area (Å²) in [5.41, 5.74) is 0.991. The molecule has 1 saturated carbocycles. The molecule has 0 bridgehead atoms. The molecule has 128 valence electrons. The van der Waals surface area contributed by atoms with Crippen LogP contribution in [0.25, 0.3) is 0 Å². The summed E-state index contributed by atoms with van der Waals surface area (Å²) in [6, 6.07) is 1.44. The molecule has 24 heavy (non-hydrogen) atoms. The van der Waals surface area contributed by atoms with Crippen LogP contribution in [0.5, 0.6) is 0 Å². The van der Waals surface area contributed by atoms with Crippen LogP contribution < -0.4 is 10.6 Å². The fraction of sp³-hybridized carbons (Fsp3) is 0.588. The van der Waals surface area contributed by atoms with Crippen molar-refractivity contribution < 1.29 is 14.4 Å². The Hall–Kier alpha value is -2.31. The van der Waals surface area contributed by atoms with Gasteiger partial charge in [-0.2, -0.15) is 0 Å². The molecule has 4 rings (SSSR count). The zero-order chi connectivity index (χ0) is 16.9. The molecule has 1 aromatic rings. The molecule has 3 N–H and O–H groups in total. The van der Waals surface area contributed by atoms with Crippen LogP contribution in [0.15, 0.2) is 12.3 Å². The summed E-state index contributed by atoms with van der Waals surface area (Å²) in [6.07, 6.45) is 5.55. The highest BCUT2D eigenvalue weighted by atomic mass is 16.2. The molecule has 1 unspecified atom stereocenters. The van der Waals surface area contributed by atoms with Crippen LogP contribution >= 0.6 is 0 Å². The Balaban J connectivity index is 1.43. The molecule has 3 aliphatic rings. The Morgan fingerprint density at radius 2 is 1.92 bits per heavy atom. The highest BCUT2D eigenvalue weighted by Crippen LogP contribution is 2.41. The monoisotopic (exact) mass is 330 g/mol. The van der Waals surface area contributed by atoms with Gasteiger partial charge in [-0.15, -0.1) is 0 Å². The van der Waals surface area contributed by atoms with Gasteiger partial charge in [0.05, 0.1) is 5.56 Å². The van der Waals surface area contributed by atoms with Crippen LogP contribution in [0.2, 0.25) is 0 Å². The first-order chi connectivity index (χ1) is 11.5. The molecule has 0 aromatic carbocycles. The number of amides is 4. The quantitative estimate of drug-likeness (QED) is 0.730. The second-order valence-corrected chi connectivity index (χ2v) is 7.26. The SMILES string of the molecule is CC1(C2CCN(C(=O)c3cc[nH]c3C3CC3)CC2)NC(=O)NC1=O. The summed E-state index contributed by atoms with van der Waals surface area (Å²) in [5, 5.41) is 5.06. The van der Waals surface area contributed by atoms with E-state index in [4.69, 9.17) is 0 Å². The molecular formula is C17H22N4O3. The van der Waals surface area contributed by atoms with Crippen molar-refractivity contribution in [1.82, 2.24) is 20.5 Å². The van der Waals surface area contributed by atoms with E-state index >= 15 is 0 Å². The van der Waals surface area contributed by atoms with Gasteiger partial charge < -0.3 is 15.2 Å². The number of aromatic amines is 1. The van der Waals surface area contributed by atoms with Gasteiger partial charge in [0.15, 0.2) is 0 Å². The van der Waals surface area contributed by atoms with Crippen LogP contribution in [-0.2, 0) is 4.79 Å². The average Bonchev–Trinajstić information content (AvgIpc) is 3.23. The number of hydrogen-bond acceptors (Lipinski definition) is 3. The number of carbonyl (C=O) groups excluding carboxylic acids is 3. The normalized spacial score (nSPS) is 28.0. The summed E-state index contributed by atoms with van der Waals surface area (Å²) in [6.45, 7) is 2.99. The Morgan fingerprint density at radius 3 is 2.50 bits per heavy atom. The third kappa shape index (κ3) is 2.39. The molecule has 0 radical (unpaired) electrons. The summed E-state index contributed by atoms with van der Waals surface area (Å²) >= 11 is 0. The molecule has 2 aliphatic heterocycles. The number of carbonyl (C=O) groups is 3. The Labute approximate surface area is 140 Å². The Kier molecular flexibility index (Phi) is 3.40. The molecule has 1 aromatic heterocycles. The van der Waals surface area contributed by atoms with Crippen molar-refractivity contribution in [2.45, 2.75) is 44.1 Å². The van der Waals surface area contributed by atoms with Crippen molar-refractivity contribution in [3.63, 3.8) is 0 Å². The summed E-state index contributed by atoms with van der Waals surface area (Å²) < 4.78 is 0. The second-order valence-electron chi connectivity index (χ2n) is 7.26. The second kappa shape index (κ2) is 5.36. The van der Waals surface area contributed by atoms with Gasteiger partial charge in [0.2, 0.25) is 0 Å². The first kappa shape index (κ1) is 15.2. The highest BCUT2D eigenvalue weighted by molar-refractivity contribution is 6.07. The first-order valence-corrected chi connectivity index (χ1v) is 8.59. The minimum atomic E-state index is -0.862. The lowest BCUT2D eigenvalue weighted by atomic mass is 9.79. The number of likely N-dealkylation sites (tertiary alicyclic amines) is 1. The third-order valence-corrected chi connectivity index (χ3v) is 5.67. The average molecular weight is 330 g/mol. The molecule has 4 amide bonds. The van der Waals surface area contributed by atoms with Gasteiger partial charge in [-0.05, 0) is 50.5 Å². The van der Waals surface area contributed by atoms with Gasteiger partial charge in [-0.1, -0.05) is 0 Å². The van der Waals surface area contributed by atoms with E-state index in [2.05, 4.69) is 15.6 Å². The third-order valence-electron chi connectivity index (χ3n) is 5.67. The van der Waals surface area contributed by atoms with E-state index in [1.807, 2.05) is 17.2 Å². The number of rotatable bonds is 3. The zero-order valence-corrected chi connectivity index (χ0v) is 13.7. The maximum Gasteiger partial charge on any atom is 0.322 e. The van der Waals surface area contributed by atoms with Crippen molar-refractivity contribution in [2.24, 2.45) is 5.92 Å². The molecule has 7 heteroatoms. The lowest BCUT2D eigenvalue weighted by Crippen LogP contribution is -2.54. The van der Waals surface area contributed by atoms with Gasteiger partial charge in [-0.3, -0.25) is 14.9 Å². The number of piperidine rings is 1. The fourth-order valence-corrected chi connectivity index (χ4v) is 3.95. The number of imide groups is 1. The zero-order valence-electron chi connectivity index (χ0n) is 13.7. The van der Waals surface area contributed by atoms with E-state index in [-0.39, 0.29) is 17.7 Å². The standard InChI is InChI=1S/C17H22N4O3/c1-17(15(23)19-16(24)20-17)11-5-8-21(9-6-11)14(22)12-4-7-18-13(12)10-2-3-10/h4,7,10-11,18H,2-3,5-6,8-9H2,1H3,(H2,19,20,23,24). The van der Waals surface area contributed by atoms with Crippen molar-refractivity contribution in [3.8, 4) is 0 Å². The van der Waals surface area contributed by atoms with Crippen LogP contribution in [0.4, 0.5) is 4.79 Å². The minimum absolute atomic E-state index is 0.0436. The van der Waals surface area contributed by atoms with E-state index in [1.165, 1.54) is 0 Å². The molecule has 7 nitrogen and oxygen atoms in total. The highest BCUT2D eigenvalue weighted by Gasteiger charge is 2.48. The van der Waals surface area contributed by atoms with E-state index in [1.54, 1.807) is 6.92 Å². The maximum absolute atomic E-state index is 12.8. The summed E-state index contributed by atoms with van der Waals surface area (Å²) in [4.78, 5) is 41.4. The van der Waals surface area contributed by atoms with Crippen molar-refractivity contribution in [1.29, 1.82) is 0 Å². The van der Waals surface area contributed by atoms with Crippen LogP contribution in [0, 0.1) is 5.92 Å². The molecular weight excluding hydrogens is 308 g/mol. The number of nitrogens with zero attached hydrogens (tertiary/aromatic N) is 1. The molecule has 0 spiro atoms. The molecule has 1 aliphatic carbocycles. The van der Waals surface area contributed by atoms with Gasteiger partial charge >= 0.3 is 6.03 Å². The topological polar surface area (TPSA) is 94.3 Å². The Bertz CT molecular complexity index is 700. The van der Waals surface area contributed by atoms with Crippen LogP contribution in [-0.4, -0.2) is 46.4 Å². The van der Waals surface area contributed by atoms with Crippen LogP contribution in [0.3, 0.4) is 0 Å². The van der Waals surface area contributed by atoms with Crippen molar-refractivity contribution in [3.05, 3.63) is 23.5 Å². The first-order valence-electron chi connectivity index (χ1n) is 8.59. The van der Waals surface area contributed by atoms with Gasteiger partial charge in [0.1, 0.15) is 5.54 Å². The number of urea groups is 1.